The quantitative estimate of drug-likeness (QED) is 0.603. The molecule has 0 aromatic heterocycles. The average Bonchev–Trinajstić information content (AvgIpc) is 2.95. The molecule has 9 nitrogen and oxygen atoms in total. The molecule has 1 aliphatic rings. The van der Waals surface area contributed by atoms with Crippen molar-refractivity contribution >= 4 is 33.5 Å². The van der Waals surface area contributed by atoms with E-state index in [2.05, 4.69) is 5.32 Å². The first-order valence-electron chi connectivity index (χ1n) is 8.45. The second kappa shape index (κ2) is 8.05. The normalized spacial score (nSPS) is 18.6. The van der Waals surface area contributed by atoms with Crippen LogP contribution in [0.3, 0.4) is 0 Å². The first kappa shape index (κ1) is 20.8. The van der Waals surface area contributed by atoms with Gasteiger partial charge in [0.1, 0.15) is 6.04 Å². The minimum Gasteiger partial charge on any atom is -0.480 e. The number of carbonyl (C=O) groups is 3. The molecule has 0 radical (unpaired) electrons. The molecule has 27 heavy (non-hydrogen) atoms. The molecule has 148 valence electrons. The minimum atomic E-state index is -3.92. The van der Waals surface area contributed by atoms with Gasteiger partial charge in [0.05, 0.1) is 10.8 Å². The van der Waals surface area contributed by atoms with Crippen molar-refractivity contribution in [2.75, 3.05) is 11.4 Å². The monoisotopic (exact) mass is 397 g/mol. The van der Waals surface area contributed by atoms with Gasteiger partial charge in [-0.1, -0.05) is 19.9 Å². The van der Waals surface area contributed by atoms with Crippen molar-refractivity contribution in [3.63, 3.8) is 0 Å². The van der Waals surface area contributed by atoms with E-state index in [4.69, 9.17) is 5.14 Å². The lowest BCUT2D eigenvalue weighted by Crippen LogP contribution is -2.44. The topological polar surface area (TPSA) is 147 Å². The van der Waals surface area contributed by atoms with Crippen molar-refractivity contribution in [1.82, 2.24) is 5.32 Å². The zero-order valence-electron chi connectivity index (χ0n) is 15.1. The maximum Gasteiger partial charge on any atom is 0.326 e. The van der Waals surface area contributed by atoms with Gasteiger partial charge in [-0.25, -0.2) is 18.4 Å². The number of anilines is 1. The zero-order valence-corrected chi connectivity index (χ0v) is 15.9. The maximum atomic E-state index is 12.4. The number of amides is 2. The zero-order chi connectivity index (χ0) is 20.4. The van der Waals surface area contributed by atoms with Gasteiger partial charge in [-0.3, -0.25) is 9.59 Å². The van der Waals surface area contributed by atoms with E-state index in [0.717, 1.165) is 0 Å². The summed E-state index contributed by atoms with van der Waals surface area (Å²) in [4.78, 5) is 37.2. The number of aliphatic carboxylic acids is 1. The summed E-state index contributed by atoms with van der Waals surface area (Å²) in [7, 11) is -3.92. The highest BCUT2D eigenvalue weighted by Gasteiger charge is 2.36. The van der Waals surface area contributed by atoms with Crippen LogP contribution in [-0.4, -0.2) is 43.9 Å². The van der Waals surface area contributed by atoms with Gasteiger partial charge in [-0.05, 0) is 30.5 Å². The molecule has 1 aromatic rings. The molecule has 0 saturated carbocycles. The highest BCUT2D eigenvalue weighted by Crippen LogP contribution is 2.27. The van der Waals surface area contributed by atoms with Gasteiger partial charge in [0.2, 0.25) is 21.8 Å². The summed E-state index contributed by atoms with van der Waals surface area (Å²) in [6.07, 6.45) is 0.196. The van der Waals surface area contributed by atoms with Crippen molar-refractivity contribution in [3.8, 4) is 0 Å². The van der Waals surface area contributed by atoms with Crippen LogP contribution in [0, 0.1) is 11.8 Å². The molecule has 10 heteroatoms. The van der Waals surface area contributed by atoms with E-state index in [0.29, 0.717) is 5.69 Å². The Kier molecular flexibility index (Phi) is 6.22. The fourth-order valence-corrected chi connectivity index (χ4v) is 3.50. The number of nitrogens with two attached hydrogens (primary N) is 1. The molecule has 4 N–H and O–H groups in total. The lowest BCUT2D eigenvalue weighted by Gasteiger charge is -2.20. The predicted octanol–water partition coefficient (Wildman–Crippen LogP) is 0.302. The molecular weight excluding hydrogens is 374 g/mol. The fourth-order valence-electron chi connectivity index (χ4n) is 2.94. The maximum absolute atomic E-state index is 12.4. The second-order valence-corrected chi connectivity index (χ2v) is 8.54. The number of primary sulfonamides is 1. The van der Waals surface area contributed by atoms with E-state index in [1.165, 1.54) is 23.1 Å². The Bertz CT molecular complexity index is 852. The molecule has 0 bridgehead atoms. The molecule has 1 saturated heterocycles. The van der Waals surface area contributed by atoms with Crippen molar-refractivity contribution < 1.29 is 27.9 Å². The van der Waals surface area contributed by atoms with Crippen molar-refractivity contribution in [3.05, 3.63) is 24.3 Å². The molecule has 2 amide bonds. The standard InChI is InChI=1S/C17H23N3O6S/c1-10(2)6-14(17(23)24)19-16(22)11-7-15(21)20(9-11)12-4-3-5-13(8-12)27(18,25)26/h3-5,8,10-11,14H,6-7,9H2,1-2H3,(H,19,22)(H,23,24)(H2,18,25,26)/t11?,14-/m0/s1. The smallest absolute Gasteiger partial charge is 0.326 e. The highest BCUT2D eigenvalue weighted by atomic mass is 32.2. The molecule has 1 unspecified atom stereocenters. The van der Waals surface area contributed by atoms with Crippen LogP contribution in [0.15, 0.2) is 29.2 Å². The Morgan fingerprint density at radius 2 is 2.04 bits per heavy atom. The second-order valence-electron chi connectivity index (χ2n) is 6.98. The van der Waals surface area contributed by atoms with Gasteiger partial charge in [0.15, 0.2) is 0 Å². The van der Waals surface area contributed by atoms with E-state index >= 15 is 0 Å². The first-order chi connectivity index (χ1) is 12.5. The molecule has 0 spiro atoms. The number of carbonyl (C=O) groups excluding carboxylic acids is 2. The van der Waals surface area contributed by atoms with Crippen LogP contribution in [0.2, 0.25) is 0 Å². The predicted molar refractivity (Wildman–Crippen MR) is 97.3 cm³/mol. The van der Waals surface area contributed by atoms with E-state index in [1.807, 2.05) is 13.8 Å². The third-order valence-electron chi connectivity index (χ3n) is 4.28. The molecule has 1 heterocycles. The van der Waals surface area contributed by atoms with Crippen molar-refractivity contribution in [2.24, 2.45) is 17.0 Å². The third kappa shape index (κ3) is 5.27. The number of sulfonamides is 1. The molecule has 1 aliphatic heterocycles. The summed E-state index contributed by atoms with van der Waals surface area (Å²) in [5.41, 5.74) is 0.318. The number of hydrogen-bond donors (Lipinski definition) is 3. The number of benzene rings is 1. The van der Waals surface area contributed by atoms with Gasteiger partial charge in [0.25, 0.3) is 0 Å². The van der Waals surface area contributed by atoms with Gasteiger partial charge in [0, 0.05) is 18.7 Å². The molecular formula is C17H23N3O6S. The van der Waals surface area contributed by atoms with Gasteiger partial charge < -0.3 is 15.3 Å². The fraction of sp³-hybridized carbons (Fsp3) is 0.471. The van der Waals surface area contributed by atoms with Crippen molar-refractivity contribution in [2.45, 2.75) is 37.6 Å². The van der Waals surface area contributed by atoms with Crippen LogP contribution in [0.25, 0.3) is 0 Å². The summed E-state index contributed by atoms with van der Waals surface area (Å²) in [5.74, 6) is -2.63. The van der Waals surface area contributed by atoms with E-state index in [-0.39, 0.29) is 36.1 Å². The number of nitrogens with zero attached hydrogens (tertiary/aromatic N) is 1. The SMILES string of the molecule is CC(C)C[C@H](NC(=O)C1CC(=O)N(c2cccc(S(N)(=O)=O)c2)C1)C(=O)O. The van der Waals surface area contributed by atoms with Gasteiger partial charge >= 0.3 is 5.97 Å². The van der Waals surface area contributed by atoms with Crippen LogP contribution in [0.5, 0.6) is 0 Å². The molecule has 2 rings (SSSR count). The molecule has 1 fully saturated rings. The van der Waals surface area contributed by atoms with E-state index in [1.54, 1.807) is 6.07 Å². The molecule has 1 aromatic carbocycles. The lowest BCUT2D eigenvalue weighted by molar-refractivity contribution is -0.142. The minimum absolute atomic E-state index is 0.0345. The lowest BCUT2D eigenvalue weighted by atomic mass is 10.0. The Morgan fingerprint density at radius 1 is 1.37 bits per heavy atom. The summed E-state index contributed by atoms with van der Waals surface area (Å²) in [5, 5.41) is 16.8. The Labute approximate surface area is 157 Å². The number of carboxylic acid groups (broad SMARTS) is 1. The van der Waals surface area contributed by atoms with Gasteiger partial charge in [-0.15, -0.1) is 0 Å². The van der Waals surface area contributed by atoms with E-state index in [9.17, 15) is 27.9 Å². The number of rotatable bonds is 7. The Balaban J connectivity index is 2.13. The molecule has 0 aliphatic carbocycles. The van der Waals surface area contributed by atoms with Crippen molar-refractivity contribution in [1.29, 1.82) is 0 Å². The Hall–Kier alpha value is -2.46. The number of carboxylic acids is 1. The van der Waals surface area contributed by atoms with Crippen LogP contribution in [0.1, 0.15) is 26.7 Å². The highest BCUT2D eigenvalue weighted by molar-refractivity contribution is 7.89. The average molecular weight is 397 g/mol. The third-order valence-corrected chi connectivity index (χ3v) is 5.19. The van der Waals surface area contributed by atoms with Crippen LogP contribution < -0.4 is 15.4 Å². The Morgan fingerprint density at radius 3 is 2.59 bits per heavy atom. The summed E-state index contributed by atoms with van der Waals surface area (Å²) < 4.78 is 23.0. The van der Waals surface area contributed by atoms with E-state index < -0.39 is 33.9 Å². The van der Waals surface area contributed by atoms with Crippen LogP contribution in [0.4, 0.5) is 5.69 Å². The summed E-state index contributed by atoms with van der Waals surface area (Å²) in [6, 6.07) is 4.57. The summed E-state index contributed by atoms with van der Waals surface area (Å²) in [6.45, 7) is 3.73. The largest absolute Gasteiger partial charge is 0.480 e. The van der Waals surface area contributed by atoms with Crippen LogP contribution >= 0.6 is 0 Å². The molecule has 2 atom stereocenters. The van der Waals surface area contributed by atoms with Crippen LogP contribution in [-0.2, 0) is 24.4 Å². The number of hydrogen-bond acceptors (Lipinski definition) is 5. The first-order valence-corrected chi connectivity index (χ1v) is 10.00. The van der Waals surface area contributed by atoms with Gasteiger partial charge in [-0.2, -0.15) is 0 Å². The number of nitrogens with one attached hydrogen (secondary N) is 1. The summed E-state index contributed by atoms with van der Waals surface area (Å²) >= 11 is 0.